The van der Waals surface area contributed by atoms with Crippen LogP contribution in [0.3, 0.4) is 0 Å². The first-order chi connectivity index (χ1) is 6.74. The highest BCUT2D eigenvalue weighted by Gasteiger charge is 2.01. The highest BCUT2D eigenvalue weighted by molar-refractivity contribution is 6.22. The van der Waals surface area contributed by atoms with Crippen molar-refractivity contribution < 1.29 is 0 Å². The minimum Gasteiger partial charge on any atom is -0.122 e. The summed E-state index contributed by atoms with van der Waals surface area (Å²) < 4.78 is 0. The third-order valence-corrected chi connectivity index (χ3v) is 2.53. The van der Waals surface area contributed by atoms with Crippen molar-refractivity contribution in [3.05, 3.63) is 60.2 Å². The van der Waals surface area contributed by atoms with Crippen LogP contribution in [0, 0.1) is 0 Å². The fourth-order valence-electron chi connectivity index (χ4n) is 1.01. The van der Waals surface area contributed by atoms with Gasteiger partial charge in [-0.2, -0.15) is 0 Å². The van der Waals surface area contributed by atoms with Crippen molar-refractivity contribution in [3.63, 3.8) is 0 Å². The van der Waals surface area contributed by atoms with E-state index in [0.717, 1.165) is 11.1 Å². The van der Waals surface area contributed by atoms with Gasteiger partial charge in [-0.05, 0) is 11.1 Å². The van der Waals surface area contributed by atoms with Gasteiger partial charge in [-0.1, -0.05) is 49.1 Å². The lowest BCUT2D eigenvalue weighted by atomic mass is 10.1. The summed E-state index contributed by atoms with van der Waals surface area (Å²) in [5.74, 6) is 0.439. The zero-order valence-electron chi connectivity index (χ0n) is 7.79. The standard InChI is InChI=1S/C12H12Cl2/c1-10(9-13)7-8-12(14)11-5-3-2-4-6-11/h2-8,12H,1,9H2/b8-7+. The van der Waals surface area contributed by atoms with Gasteiger partial charge < -0.3 is 0 Å². The zero-order valence-corrected chi connectivity index (χ0v) is 9.30. The molecular formula is C12H12Cl2. The van der Waals surface area contributed by atoms with Gasteiger partial charge >= 0.3 is 0 Å². The van der Waals surface area contributed by atoms with E-state index in [1.165, 1.54) is 0 Å². The average molecular weight is 227 g/mol. The topological polar surface area (TPSA) is 0 Å². The molecule has 1 aromatic rings. The molecule has 0 spiro atoms. The summed E-state index contributed by atoms with van der Waals surface area (Å²) in [4.78, 5) is 0. The summed E-state index contributed by atoms with van der Waals surface area (Å²) in [5, 5.41) is -0.115. The van der Waals surface area contributed by atoms with Crippen LogP contribution in [0.5, 0.6) is 0 Å². The maximum atomic E-state index is 6.14. The van der Waals surface area contributed by atoms with Crippen LogP contribution < -0.4 is 0 Å². The predicted molar refractivity (Wildman–Crippen MR) is 64.0 cm³/mol. The molecule has 0 aromatic heterocycles. The summed E-state index contributed by atoms with van der Waals surface area (Å²) in [6, 6.07) is 9.88. The minimum atomic E-state index is -0.115. The lowest BCUT2D eigenvalue weighted by molar-refractivity contribution is 1.21. The van der Waals surface area contributed by atoms with Crippen molar-refractivity contribution in [2.75, 3.05) is 5.88 Å². The monoisotopic (exact) mass is 226 g/mol. The van der Waals surface area contributed by atoms with Crippen LogP contribution >= 0.6 is 23.2 Å². The van der Waals surface area contributed by atoms with E-state index < -0.39 is 0 Å². The summed E-state index contributed by atoms with van der Waals surface area (Å²) in [6.45, 7) is 3.76. The molecule has 0 radical (unpaired) electrons. The van der Waals surface area contributed by atoms with Crippen LogP contribution in [0.4, 0.5) is 0 Å². The maximum absolute atomic E-state index is 6.14. The van der Waals surface area contributed by atoms with E-state index in [1.807, 2.05) is 42.5 Å². The van der Waals surface area contributed by atoms with E-state index in [2.05, 4.69) is 6.58 Å². The minimum absolute atomic E-state index is 0.115. The lowest BCUT2D eigenvalue weighted by Gasteiger charge is -2.03. The van der Waals surface area contributed by atoms with Crippen molar-refractivity contribution in [2.45, 2.75) is 5.38 Å². The Kier molecular flexibility index (Phi) is 4.78. The summed E-state index contributed by atoms with van der Waals surface area (Å²) in [6.07, 6.45) is 3.75. The molecule has 0 aliphatic heterocycles. The first-order valence-electron chi connectivity index (χ1n) is 4.35. The van der Waals surface area contributed by atoms with E-state index in [0.29, 0.717) is 5.88 Å². The van der Waals surface area contributed by atoms with Gasteiger partial charge in [0.05, 0.1) is 5.38 Å². The quantitative estimate of drug-likeness (QED) is 0.530. The molecule has 0 fully saturated rings. The van der Waals surface area contributed by atoms with Gasteiger partial charge in [0.15, 0.2) is 0 Å². The molecule has 0 saturated heterocycles. The van der Waals surface area contributed by atoms with Gasteiger partial charge in [0.2, 0.25) is 0 Å². The largest absolute Gasteiger partial charge is 0.122 e. The fraction of sp³-hybridized carbons (Fsp3) is 0.167. The molecule has 0 amide bonds. The van der Waals surface area contributed by atoms with E-state index in [-0.39, 0.29) is 5.38 Å². The van der Waals surface area contributed by atoms with Crippen molar-refractivity contribution >= 4 is 23.2 Å². The molecule has 0 aliphatic carbocycles. The number of benzene rings is 1. The number of hydrogen-bond acceptors (Lipinski definition) is 0. The molecule has 74 valence electrons. The second kappa shape index (κ2) is 5.90. The van der Waals surface area contributed by atoms with Gasteiger partial charge in [-0.3, -0.25) is 0 Å². The van der Waals surface area contributed by atoms with Crippen LogP contribution in [0.25, 0.3) is 0 Å². The highest BCUT2D eigenvalue weighted by Crippen LogP contribution is 2.21. The Bertz CT molecular complexity index is 314. The molecule has 0 N–H and O–H groups in total. The maximum Gasteiger partial charge on any atom is 0.0769 e. The SMILES string of the molecule is C=C(/C=C/C(Cl)c1ccccc1)CCl. The molecule has 0 heterocycles. The molecule has 0 aliphatic rings. The Balaban J connectivity index is 2.63. The Morgan fingerprint density at radius 3 is 2.57 bits per heavy atom. The summed E-state index contributed by atoms with van der Waals surface area (Å²) >= 11 is 11.7. The van der Waals surface area contributed by atoms with Crippen molar-refractivity contribution in [2.24, 2.45) is 0 Å². The fourth-order valence-corrected chi connectivity index (χ4v) is 1.32. The van der Waals surface area contributed by atoms with Crippen molar-refractivity contribution in [1.82, 2.24) is 0 Å². The normalized spacial score (nSPS) is 13.0. The lowest BCUT2D eigenvalue weighted by Crippen LogP contribution is -1.85. The van der Waals surface area contributed by atoms with Gasteiger partial charge in [-0.25, -0.2) is 0 Å². The molecule has 1 atom stereocenters. The molecule has 1 aromatic carbocycles. The van der Waals surface area contributed by atoms with Gasteiger partial charge in [0.25, 0.3) is 0 Å². The molecule has 0 nitrogen and oxygen atoms in total. The third-order valence-electron chi connectivity index (χ3n) is 1.79. The van der Waals surface area contributed by atoms with E-state index >= 15 is 0 Å². The molecule has 0 bridgehead atoms. The molecule has 14 heavy (non-hydrogen) atoms. The molecule has 1 unspecified atom stereocenters. The van der Waals surface area contributed by atoms with Crippen molar-refractivity contribution in [3.8, 4) is 0 Å². The highest BCUT2D eigenvalue weighted by atomic mass is 35.5. The Hall–Kier alpha value is -0.720. The van der Waals surface area contributed by atoms with Crippen LogP contribution in [0.15, 0.2) is 54.6 Å². The van der Waals surface area contributed by atoms with Gasteiger partial charge in [0.1, 0.15) is 0 Å². The molecular weight excluding hydrogens is 215 g/mol. The number of rotatable bonds is 4. The smallest absolute Gasteiger partial charge is 0.0769 e. The number of hydrogen-bond donors (Lipinski definition) is 0. The number of allylic oxidation sites excluding steroid dienone is 3. The van der Waals surface area contributed by atoms with Gasteiger partial charge in [-0.15, -0.1) is 23.2 Å². The zero-order chi connectivity index (χ0) is 10.4. The summed E-state index contributed by atoms with van der Waals surface area (Å²) in [5.41, 5.74) is 1.95. The second-order valence-electron chi connectivity index (χ2n) is 2.96. The molecule has 0 saturated carbocycles. The number of halogens is 2. The van der Waals surface area contributed by atoms with Crippen LogP contribution in [-0.2, 0) is 0 Å². The molecule has 1 rings (SSSR count). The van der Waals surface area contributed by atoms with E-state index in [4.69, 9.17) is 23.2 Å². The molecule has 2 heteroatoms. The first kappa shape index (κ1) is 11.4. The van der Waals surface area contributed by atoms with E-state index in [1.54, 1.807) is 0 Å². The van der Waals surface area contributed by atoms with Gasteiger partial charge in [0, 0.05) is 5.88 Å². The van der Waals surface area contributed by atoms with Crippen molar-refractivity contribution in [1.29, 1.82) is 0 Å². The van der Waals surface area contributed by atoms with Crippen LogP contribution in [0.1, 0.15) is 10.9 Å². The average Bonchev–Trinajstić information content (AvgIpc) is 2.26. The predicted octanol–water partition coefficient (Wildman–Crippen LogP) is 4.32. The number of alkyl halides is 2. The Labute approximate surface area is 94.8 Å². The Morgan fingerprint density at radius 2 is 2.00 bits per heavy atom. The van der Waals surface area contributed by atoms with Crippen LogP contribution in [0.2, 0.25) is 0 Å². The van der Waals surface area contributed by atoms with Crippen LogP contribution in [-0.4, -0.2) is 5.88 Å². The second-order valence-corrected chi connectivity index (χ2v) is 3.70. The first-order valence-corrected chi connectivity index (χ1v) is 5.32. The third kappa shape index (κ3) is 3.57. The summed E-state index contributed by atoms with van der Waals surface area (Å²) in [7, 11) is 0. The van der Waals surface area contributed by atoms with E-state index in [9.17, 15) is 0 Å². The Morgan fingerprint density at radius 1 is 1.36 bits per heavy atom.